The molecule has 1 atom stereocenters. The number of fused-ring (bicyclic) bond motifs is 1. The van der Waals surface area contributed by atoms with E-state index in [-0.39, 0.29) is 23.0 Å². The topological polar surface area (TPSA) is 128 Å². The quantitative estimate of drug-likeness (QED) is 0.526. The van der Waals surface area contributed by atoms with E-state index in [1.807, 2.05) is 26.8 Å². The number of nitriles is 1. The molecule has 0 saturated heterocycles. The molecule has 3 N–H and O–H groups in total. The average molecular weight is 476 g/mol. The summed E-state index contributed by atoms with van der Waals surface area (Å²) < 4.78 is 0. The number of amides is 2. The van der Waals surface area contributed by atoms with Gasteiger partial charge >= 0.3 is 0 Å². The third-order valence-electron chi connectivity index (χ3n) is 7.05. The number of aryl methyl sites for hydroxylation is 1. The van der Waals surface area contributed by atoms with Crippen LogP contribution in [-0.4, -0.2) is 33.6 Å². The average Bonchev–Trinajstić information content (AvgIpc) is 3.57. The number of carbonyl (C=O) groups excluding carboxylic acids is 3. The van der Waals surface area contributed by atoms with Gasteiger partial charge in [0, 0.05) is 17.7 Å². The number of Topliss-reactive ketones (excluding diaryl/α,β-unsaturated/α-hetero) is 1. The van der Waals surface area contributed by atoms with Crippen LogP contribution < -0.4 is 10.6 Å². The van der Waals surface area contributed by atoms with Gasteiger partial charge in [0.1, 0.15) is 23.5 Å². The van der Waals surface area contributed by atoms with Crippen LogP contribution in [0.5, 0.6) is 0 Å². The van der Waals surface area contributed by atoms with Crippen LogP contribution in [0.4, 0.5) is 5.69 Å². The van der Waals surface area contributed by atoms with Crippen LogP contribution in [0.2, 0.25) is 0 Å². The Morgan fingerprint density at radius 1 is 1.31 bits per heavy atom. The van der Waals surface area contributed by atoms with Gasteiger partial charge in [-0.2, -0.15) is 5.26 Å². The molecule has 2 heterocycles. The molecule has 4 rings (SSSR count). The summed E-state index contributed by atoms with van der Waals surface area (Å²) in [5.41, 5.74) is 3.89. The second-order valence-corrected chi connectivity index (χ2v) is 10.6. The van der Waals surface area contributed by atoms with Gasteiger partial charge in [-0.05, 0) is 61.1 Å². The number of aromatic amines is 1. The molecule has 2 amide bonds. The van der Waals surface area contributed by atoms with Gasteiger partial charge in [-0.1, -0.05) is 33.6 Å². The number of carbonyl (C=O) groups is 3. The van der Waals surface area contributed by atoms with Crippen LogP contribution in [0.25, 0.3) is 0 Å². The molecule has 0 radical (unpaired) electrons. The number of nitrogens with one attached hydrogen (secondary N) is 3. The van der Waals surface area contributed by atoms with Crippen LogP contribution in [0, 0.1) is 29.6 Å². The predicted octanol–water partition coefficient (Wildman–Crippen LogP) is 4.23. The highest BCUT2D eigenvalue weighted by Crippen LogP contribution is 2.37. The van der Waals surface area contributed by atoms with Gasteiger partial charge in [-0.3, -0.25) is 14.4 Å². The predicted molar refractivity (Wildman–Crippen MR) is 132 cm³/mol. The molecule has 2 aromatic rings. The summed E-state index contributed by atoms with van der Waals surface area (Å²) in [5, 5.41) is 14.9. The van der Waals surface area contributed by atoms with E-state index < -0.39 is 6.04 Å². The van der Waals surface area contributed by atoms with Gasteiger partial charge in [0.25, 0.3) is 5.91 Å². The zero-order chi connectivity index (χ0) is 25.3. The van der Waals surface area contributed by atoms with Gasteiger partial charge in [0.2, 0.25) is 5.91 Å². The second kappa shape index (κ2) is 9.65. The highest BCUT2D eigenvalue weighted by Gasteiger charge is 2.36. The van der Waals surface area contributed by atoms with Crippen molar-refractivity contribution in [2.75, 3.05) is 5.32 Å². The Morgan fingerprint density at radius 3 is 2.71 bits per heavy atom. The summed E-state index contributed by atoms with van der Waals surface area (Å²) >= 11 is 0. The van der Waals surface area contributed by atoms with Crippen molar-refractivity contribution in [3.8, 4) is 6.07 Å². The summed E-state index contributed by atoms with van der Waals surface area (Å²) in [6.45, 7) is 7.82. The molecule has 184 valence electrons. The third-order valence-corrected chi connectivity index (χ3v) is 7.05. The van der Waals surface area contributed by atoms with Crippen molar-refractivity contribution in [2.45, 2.75) is 78.7 Å². The van der Waals surface area contributed by atoms with E-state index in [0.717, 1.165) is 30.5 Å². The van der Waals surface area contributed by atoms with E-state index in [2.05, 4.69) is 20.6 Å². The molecule has 2 aliphatic carbocycles. The number of H-pyrrole nitrogens is 1. The molecular weight excluding hydrogens is 442 g/mol. The minimum Gasteiger partial charge on any atom is -0.354 e. The first-order chi connectivity index (χ1) is 16.6. The number of hydrogen-bond donors (Lipinski definition) is 3. The molecule has 2 aliphatic rings. The Balaban J connectivity index is 1.54. The fourth-order valence-electron chi connectivity index (χ4n) is 4.95. The minimum atomic E-state index is -0.727. The number of pyridine rings is 1. The maximum atomic E-state index is 13.3. The molecule has 1 saturated carbocycles. The molecule has 1 unspecified atom stereocenters. The Kier molecular flexibility index (Phi) is 6.79. The molecule has 2 aromatic heterocycles. The van der Waals surface area contributed by atoms with E-state index in [0.29, 0.717) is 59.8 Å². The Hall–Kier alpha value is -3.47. The number of aromatic nitrogens is 2. The Labute approximate surface area is 205 Å². The van der Waals surface area contributed by atoms with E-state index in [9.17, 15) is 14.4 Å². The number of ketones is 1. The standard InChI is InChI=1S/C27H33N5O3/c1-5-17-10-18(13-28)29-14-21(17)32-25(34)19(9-8-16-6-7-16)31-26(35)24-15(2)23-20(30-24)11-27(3,4)12-22(23)33/h10,14,16,19,30H,5-9,11-12H2,1-4H3,(H,31,35)(H,32,34). The zero-order valence-electron chi connectivity index (χ0n) is 20.9. The molecule has 35 heavy (non-hydrogen) atoms. The lowest BCUT2D eigenvalue weighted by Crippen LogP contribution is -2.44. The van der Waals surface area contributed by atoms with Gasteiger partial charge in [0.15, 0.2) is 5.78 Å². The second-order valence-electron chi connectivity index (χ2n) is 10.6. The number of anilines is 1. The maximum Gasteiger partial charge on any atom is 0.268 e. The van der Waals surface area contributed by atoms with Crippen LogP contribution >= 0.6 is 0 Å². The normalized spacial score (nSPS) is 17.3. The molecule has 0 bridgehead atoms. The van der Waals surface area contributed by atoms with Crippen molar-refractivity contribution in [3.63, 3.8) is 0 Å². The lowest BCUT2D eigenvalue weighted by Gasteiger charge is -2.28. The fourth-order valence-corrected chi connectivity index (χ4v) is 4.95. The molecule has 8 nitrogen and oxygen atoms in total. The van der Waals surface area contributed by atoms with Crippen molar-refractivity contribution in [1.82, 2.24) is 15.3 Å². The van der Waals surface area contributed by atoms with E-state index in [1.165, 1.54) is 6.20 Å². The summed E-state index contributed by atoms with van der Waals surface area (Å²) in [4.78, 5) is 46.6. The number of rotatable bonds is 8. The SMILES string of the molecule is CCc1cc(C#N)ncc1NC(=O)C(CCC1CC1)NC(=O)c1[nH]c2c(c1C)C(=O)CC(C)(C)C2. The first kappa shape index (κ1) is 24.6. The third kappa shape index (κ3) is 5.45. The summed E-state index contributed by atoms with van der Waals surface area (Å²) in [6.07, 6.45) is 6.96. The van der Waals surface area contributed by atoms with Gasteiger partial charge in [0.05, 0.1) is 11.9 Å². The molecule has 1 fully saturated rings. The summed E-state index contributed by atoms with van der Waals surface area (Å²) in [7, 11) is 0. The van der Waals surface area contributed by atoms with Crippen molar-refractivity contribution < 1.29 is 14.4 Å². The first-order valence-corrected chi connectivity index (χ1v) is 12.4. The van der Waals surface area contributed by atoms with Gasteiger partial charge in [-0.15, -0.1) is 0 Å². The van der Waals surface area contributed by atoms with E-state index in [4.69, 9.17) is 5.26 Å². The van der Waals surface area contributed by atoms with Crippen molar-refractivity contribution in [1.29, 1.82) is 5.26 Å². The highest BCUT2D eigenvalue weighted by atomic mass is 16.2. The molecule has 8 heteroatoms. The zero-order valence-corrected chi connectivity index (χ0v) is 20.9. The Morgan fingerprint density at radius 2 is 2.06 bits per heavy atom. The minimum absolute atomic E-state index is 0.0486. The number of hydrogen-bond acceptors (Lipinski definition) is 5. The van der Waals surface area contributed by atoms with Crippen molar-refractivity contribution in [2.24, 2.45) is 11.3 Å². The lowest BCUT2D eigenvalue weighted by molar-refractivity contribution is -0.118. The summed E-state index contributed by atoms with van der Waals surface area (Å²) in [6, 6.07) is 2.95. The summed E-state index contributed by atoms with van der Waals surface area (Å²) in [5.74, 6) is -0.0460. The van der Waals surface area contributed by atoms with Crippen molar-refractivity contribution >= 4 is 23.3 Å². The van der Waals surface area contributed by atoms with Crippen molar-refractivity contribution in [3.05, 3.63) is 46.0 Å². The van der Waals surface area contributed by atoms with E-state index in [1.54, 1.807) is 13.0 Å². The Bertz CT molecular complexity index is 1220. The number of nitrogens with zero attached hydrogens (tertiary/aromatic N) is 2. The van der Waals surface area contributed by atoms with Gasteiger partial charge in [-0.25, -0.2) is 4.98 Å². The van der Waals surface area contributed by atoms with Crippen LogP contribution in [0.15, 0.2) is 12.3 Å². The maximum absolute atomic E-state index is 13.3. The van der Waals surface area contributed by atoms with Crippen LogP contribution in [0.1, 0.15) is 96.2 Å². The molecule has 0 spiro atoms. The fraction of sp³-hybridized carbons (Fsp3) is 0.519. The van der Waals surface area contributed by atoms with Crippen LogP contribution in [-0.2, 0) is 17.6 Å². The highest BCUT2D eigenvalue weighted by molar-refractivity contribution is 6.06. The van der Waals surface area contributed by atoms with Crippen LogP contribution in [0.3, 0.4) is 0 Å². The van der Waals surface area contributed by atoms with E-state index >= 15 is 0 Å². The van der Waals surface area contributed by atoms with Gasteiger partial charge < -0.3 is 15.6 Å². The lowest BCUT2D eigenvalue weighted by atomic mass is 9.75. The smallest absolute Gasteiger partial charge is 0.268 e. The molecule has 0 aromatic carbocycles. The monoisotopic (exact) mass is 475 g/mol. The molecular formula is C27H33N5O3. The largest absolute Gasteiger partial charge is 0.354 e. The first-order valence-electron chi connectivity index (χ1n) is 12.4. The molecule has 0 aliphatic heterocycles.